The van der Waals surface area contributed by atoms with Crippen LogP contribution in [0, 0.1) is 0 Å². The first kappa shape index (κ1) is 18.9. The number of rotatable bonds is 7. The van der Waals surface area contributed by atoms with Crippen molar-refractivity contribution in [3.63, 3.8) is 0 Å². The number of halogens is 2. The molecular weight excluding hydrogens is 207 g/mol. The highest BCUT2D eigenvalue weighted by molar-refractivity contribution is 5.85. The molecule has 82 valence electrons. The van der Waals surface area contributed by atoms with E-state index >= 15 is 0 Å². The molecule has 0 aliphatic heterocycles. The predicted molar refractivity (Wildman–Crippen MR) is 63.2 cm³/mol. The Bertz CT molecular complexity index is 105. The topological polar surface area (TPSA) is 17.1 Å². The molecule has 0 radical (unpaired) electrons. The van der Waals surface area contributed by atoms with Crippen LogP contribution < -0.4 is 0 Å². The molecule has 0 saturated carbocycles. The molecule has 0 aromatic rings. The van der Waals surface area contributed by atoms with E-state index in [1.54, 1.807) is 6.92 Å². The fraction of sp³-hybridized carbons (Fsp3) is 0.900. The number of ketones is 1. The Labute approximate surface area is 94.5 Å². The van der Waals surface area contributed by atoms with E-state index in [0.717, 1.165) is 12.8 Å². The number of unbranched alkanes of at least 4 members (excludes halogenated alkanes) is 5. The Kier molecular flexibility index (Phi) is 21.5. The van der Waals surface area contributed by atoms with E-state index in [2.05, 4.69) is 6.92 Å². The molecule has 0 unspecified atom stereocenters. The van der Waals surface area contributed by atoms with E-state index in [1.807, 2.05) is 0 Å². The predicted octanol–water partition coefficient (Wildman–Crippen LogP) is 4.17. The van der Waals surface area contributed by atoms with Gasteiger partial charge in [0.1, 0.15) is 5.78 Å². The van der Waals surface area contributed by atoms with E-state index in [-0.39, 0.29) is 24.8 Å². The maximum atomic E-state index is 10.5. The largest absolute Gasteiger partial charge is 0.300 e. The van der Waals surface area contributed by atoms with E-state index in [4.69, 9.17) is 0 Å². The highest BCUT2D eigenvalue weighted by Crippen LogP contribution is 2.06. The van der Waals surface area contributed by atoms with Gasteiger partial charge in [-0.25, -0.2) is 0 Å². The molecule has 0 fully saturated rings. The van der Waals surface area contributed by atoms with Crippen molar-refractivity contribution in [3.05, 3.63) is 0 Å². The highest BCUT2D eigenvalue weighted by Gasteiger charge is 1.92. The van der Waals surface area contributed by atoms with E-state index in [1.165, 1.54) is 32.1 Å². The van der Waals surface area contributed by atoms with Gasteiger partial charge in [0.25, 0.3) is 0 Å². The first-order valence-electron chi connectivity index (χ1n) is 4.76. The minimum Gasteiger partial charge on any atom is -0.300 e. The lowest BCUT2D eigenvalue weighted by Crippen LogP contribution is -1.88. The fourth-order valence-corrected chi connectivity index (χ4v) is 1.15. The second kappa shape index (κ2) is 14.8. The molecule has 0 aliphatic carbocycles. The van der Waals surface area contributed by atoms with Crippen LogP contribution in [-0.4, -0.2) is 5.78 Å². The van der Waals surface area contributed by atoms with Gasteiger partial charge in [0.2, 0.25) is 0 Å². The molecule has 0 rings (SSSR count). The average molecular weight is 229 g/mol. The fourth-order valence-electron chi connectivity index (χ4n) is 1.15. The molecule has 0 heterocycles. The number of hydrogen-bond acceptors (Lipinski definition) is 1. The number of hydrogen-bond donors (Lipinski definition) is 0. The Morgan fingerprint density at radius 2 is 1.38 bits per heavy atom. The van der Waals surface area contributed by atoms with Gasteiger partial charge in [-0.2, -0.15) is 0 Å². The minimum atomic E-state index is 0. The van der Waals surface area contributed by atoms with Crippen molar-refractivity contribution in [2.24, 2.45) is 0 Å². The molecule has 3 heteroatoms. The molecule has 0 amide bonds. The molecule has 0 saturated heterocycles. The van der Waals surface area contributed by atoms with Crippen molar-refractivity contribution in [2.75, 3.05) is 0 Å². The maximum absolute atomic E-state index is 10.5. The summed E-state index contributed by atoms with van der Waals surface area (Å²) in [5, 5.41) is 0. The smallest absolute Gasteiger partial charge is 0.129 e. The Morgan fingerprint density at radius 1 is 0.923 bits per heavy atom. The summed E-state index contributed by atoms with van der Waals surface area (Å²) in [4.78, 5) is 10.5. The van der Waals surface area contributed by atoms with Crippen molar-refractivity contribution in [2.45, 2.75) is 58.8 Å². The van der Waals surface area contributed by atoms with Crippen molar-refractivity contribution < 1.29 is 4.79 Å². The molecule has 0 spiro atoms. The van der Waals surface area contributed by atoms with Crippen LogP contribution in [0.2, 0.25) is 0 Å². The molecular formula is C10H22Cl2O. The molecule has 1 nitrogen and oxygen atoms in total. The van der Waals surface area contributed by atoms with Crippen LogP contribution in [0.25, 0.3) is 0 Å². The summed E-state index contributed by atoms with van der Waals surface area (Å²) in [5.41, 5.74) is 0. The normalized spacial score (nSPS) is 8.46. The lowest BCUT2D eigenvalue weighted by molar-refractivity contribution is -0.117. The summed E-state index contributed by atoms with van der Waals surface area (Å²) in [6.07, 6.45) is 8.41. The SMILES string of the molecule is CCCCCCCCC(C)=O.Cl.Cl. The Balaban J connectivity index is -0.000000500. The van der Waals surface area contributed by atoms with Gasteiger partial charge >= 0.3 is 0 Å². The summed E-state index contributed by atoms with van der Waals surface area (Å²) in [5.74, 6) is 0.334. The highest BCUT2D eigenvalue weighted by atomic mass is 35.5. The molecule has 13 heavy (non-hydrogen) atoms. The van der Waals surface area contributed by atoms with Gasteiger partial charge < -0.3 is 4.79 Å². The molecule has 0 aromatic heterocycles. The van der Waals surface area contributed by atoms with Crippen molar-refractivity contribution in [1.82, 2.24) is 0 Å². The third-order valence-corrected chi connectivity index (χ3v) is 1.88. The van der Waals surface area contributed by atoms with Gasteiger partial charge in [0.05, 0.1) is 0 Å². The van der Waals surface area contributed by atoms with Crippen LogP contribution in [-0.2, 0) is 4.79 Å². The summed E-state index contributed by atoms with van der Waals surface area (Å²) < 4.78 is 0. The van der Waals surface area contributed by atoms with Gasteiger partial charge in [0, 0.05) is 6.42 Å². The van der Waals surface area contributed by atoms with Crippen LogP contribution in [0.15, 0.2) is 0 Å². The maximum Gasteiger partial charge on any atom is 0.129 e. The van der Waals surface area contributed by atoms with Crippen LogP contribution in [0.3, 0.4) is 0 Å². The molecule has 0 aromatic carbocycles. The summed E-state index contributed by atoms with van der Waals surface area (Å²) in [6.45, 7) is 3.89. The third-order valence-electron chi connectivity index (χ3n) is 1.88. The zero-order valence-corrected chi connectivity index (χ0v) is 10.3. The van der Waals surface area contributed by atoms with Gasteiger partial charge in [-0.05, 0) is 13.3 Å². The Morgan fingerprint density at radius 3 is 1.85 bits per heavy atom. The van der Waals surface area contributed by atoms with Crippen LogP contribution in [0.4, 0.5) is 0 Å². The quantitative estimate of drug-likeness (QED) is 0.599. The zero-order chi connectivity index (χ0) is 8.53. The first-order chi connectivity index (χ1) is 5.27. The summed E-state index contributed by atoms with van der Waals surface area (Å²) >= 11 is 0. The number of carbonyl (C=O) groups excluding carboxylic acids is 1. The molecule has 0 atom stereocenters. The van der Waals surface area contributed by atoms with E-state index < -0.39 is 0 Å². The van der Waals surface area contributed by atoms with Crippen LogP contribution >= 0.6 is 24.8 Å². The number of Topliss-reactive ketones (excluding diaryl/α,β-unsaturated/α-hetero) is 1. The minimum absolute atomic E-state index is 0. The van der Waals surface area contributed by atoms with E-state index in [9.17, 15) is 4.79 Å². The third kappa shape index (κ3) is 18.9. The van der Waals surface area contributed by atoms with Gasteiger partial charge in [0.15, 0.2) is 0 Å². The average Bonchev–Trinajstić information content (AvgIpc) is 1.96. The van der Waals surface area contributed by atoms with E-state index in [0.29, 0.717) is 5.78 Å². The van der Waals surface area contributed by atoms with Crippen molar-refractivity contribution in [3.8, 4) is 0 Å². The first-order valence-corrected chi connectivity index (χ1v) is 4.76. The van der Waals surface area contributed by atoms with Crippen molar-refractivity contribution in [1.29, 1.82) is 0 Å². The molecule has 0 aliphatic rings. The number of carbonyl (C=O) groups is 1. The summed E-state index contributed by atoms with van der Waals surface area (Å²) in [7, 11) is 0. The van der Waals surface area contributed by atoms with Crippen LogP contribution in [0.1, 0.15) is 58.8 Å². The molecule has 0 N–H and O–H groups in total. The van der Waals surface area contributed by atoms with Crippen LogP contribution in [0.5, 0.6) is 0 Å². The lowest BCUT2D eigenvalue weighted by Gasteiger charge is -1.97. The molecule has 0 bridgehead atoms. The zero-order valence-electron chi connectivity index (χ0n) is 8.67. The second-order valence-corrected chi connectivity index (χ2v) is 3.22. The van der Waals surface area contributed by atoms with Gasteiger partial charge in [-0.3, -0.25) is 0 Å². The summed E-state index contributed by atoms with van der Waals surface area (Å²) in [6, 6.07) is 0. The lowest BCUT2D eigenvalue weighted by atomic mass is 10.1. The second-order valence-electron chi connectivity index (χ2n) is 3.22. The van der Waals surface area contributed by atoms with Gasteiger partial charge in [-0.1, -0.05) is 39.0 Å². The standard InChI is InChI=1S/C10H20O.2ClH/c1-3-4-5-6-7-8-9-10(2)11;;/h3-9H2,1-2H3;2*1H. The Hall–Kier alpha value is 0.250. The van der Waals surface area contributed by atoms with Crippen molar-refractivity contribution >= 4 is 30.6 Å². The van der Waals surface area contributed by atoms with Gasteiger partial charge in [-0.15, -0.1) is 24.8 Å². The monoisotopic (exact) mass is 228 g/mol.